The molecular weight excluding hydrogens is 258 g/mol. The van der Waals surface area contributed by atoms with E-state index in [1.165, 1.54) is 0 Å². The molecule has 0 saturated carbocycles. The van der Waals surface area contributed by atoms with Gasteiger partial charge in [0, 0.05) is 24.5 Å². The van der Waals surface area contributed by atoms with Crippen LogP contribution < -0.4 is 11.1 Å². The summed E-state index contributed by atoms with van der Waals surface area (Å²) in [4.78, 5) is 14.0. The van der Waals surface area contributed by atoms with Crippen LogP contribution in [0.1, 0.15) is 5.56 Å². The average molecular weight is 279 g/mol. The van der Waals surface area contributed by atoms with E-state index in [0.717, 1.165) is 11.3 Å². The van der Waals surface area contributed by atoms with E-state index in [-0.39, 0.29) is 18.6 Å². The third kappa shape index (κ3) is 3.93. The van der Waals surface area contributed by atoms with Gasteiger partial charge in [-0.2, -0.15) is 0 Å². The second kappa shape index (κ2) is 6.69. The van der Waals surface area contributed by atoms with Crippen LogP contribution in [0.2, 0.25) is 0 Å². The van der Waals surface area contributed by atoms with Gasteiger partial charge in [0.2, 0.25) is 5.91 Å². The van der Waals surface area contributed by atoms with Gasteiger partial charge in [0.15, 0.2) is 0 Å². The summed E-state index contributed by atoms with van der Waals surface area (Å²) in [6.45, 7) is 4.00. The number of nitrogens with two attached hydrogens (primary N) is 1. The van der Waals surface area contributed by atoms with Crippen molar-refractivity contribution in [2.75, 3.05) is 43.9 Å². The summed E-state index contributed by atoms with van der Waals surface area (Å²) in [5, 5.41) is 12.0. The fraction of sp³-hybridized carbons (Fsp3) is 0.500. The summed E-state index contributed by atoms with van der Waals surface area (Å²) in [5.41, 5.74) is 8.07. The Labute approximate surface area is 118 Å². The quantitative estimate of drug-likeness (QED) is 0.686. The number of hydrogen-bond donors (Lipinski definition) is 3. The van der Waals surface area contributed by atoms with Crippen molar-refractivity contribution in [2.24, 2.45) is 0 Å². The minimum absolute atomic E-state index is 0.0187. The van der Waals surface area contributed by atoms with Crippen molar-refractivity contribution in [3.63, 3.8) is 0 Å². The molecule has 1 unspecified atom stereocenters. The highest BCUT2D eigenvalue weighted by Gasteiger charge is 2.21. The molecule has 1 aliphatic rings. The van der Waals surface area contributed by atoms with E-state index in [2.05, 4.69) is 5.32 Å². The van der Waals surface area contributed by atoms with Gasteiger partial charge in [-0.15, -0.1) is 0 Å². The number of aryl methyl sites for hydroxylation is 1. The Morgan fingerprint density at radius 2 is 2.40 bits per heavy atom. The largest absolute Gasteiger partial charge is 0.399 e. The number of benzene rings is 1. The smallest absolute Gasteiger partial charge is 0.238 e. The number of hydrogen-bond acceptors (Lipinski definition) is 5. The highest BCUT2D eigenvalue weighted by molar-refractivity contribution is 5.93. The number of amides is 1. The number of nitrogen functional groups attached to an aromatic ring is 1. The van der Waals surface area contributed by atoms with Gasteiger partial charge in [-0.3, -0.25) is 9.69 Å². The topological polar surface area (TPSA) is 87.8 Å². The van der Waals surface area contributed by atoms with Gasteiger partial charge in [0.25, 0.3) is 0 Å². The molecule has 110 valence electrons. The molecule has 1 aromatic rings. The molecular formula is C14H21N3O3. The van der Waals surface area contributed by atoms with Gasteiger partial charge < -0.3 is 20.9 Å². The Kier molecular flexibility index (Phi) is 4.94. The number of carbonyl (C=O) groups excluding carboxylic acids is 1. The van der Waals surface area contributed by atoms with Crippen LogP contribution in [0.3, 0.4) is 0 Å². The molecule has 1 atom stereocenters. The van der Waals surface area contributed by atoms with Crippen molar-refractivity contribution in [3.05, 3.63) is 23.8 Å². The predicted octanol–water partition coefficient (Wildman–Crippen LogP) is 0.209. The van der Waals surface area contributed by atoms with E-state index in [0.29, 0.717) is 31.9 Å². The Hall–Kier alpha value is -1.63. The average Bonchev–Trinajstić information content (AvgIpc) is 2.42. The van der Waals surface area contributed by atoms with E-state index in [1.54, 1.807) is 12.1 Å². The fourth-order valence-electron chi connectivity index (χ4n) is 2.25. The molecule has 6 nitrogen and oxygen atoms in total. The molecule has 1 aliphatic heterocycles. The lowest BCUT2D eigenvalue weighted by molar-refractivity contribution is -0.120. The molecule has 20 heavy (non-hydrogen) atoms. The van der Waals surface area contributed by atoms with Crippen LogP contribution in [0.4, 0.5) is 11.4 Å². The second-order valence-corrected chi connectivity index (χ2v) is 5.03. The zero-order valence-electron chi connectivity index (χ0n) is 11.6. The van der Waals surface area contributed by atoms with Gasteiger partial charge in [0.1, 0.15) is 0 Å². The van der Waals surface area contributed by atoms with E-state index in [4.69, 9.17) is 15.6 Å². The van der Waals surface area contributed by atoms with Gasteiger partial charge in [-0.05, 0) is 30.7 Å². The van der Waals surface area contributed by atoms with Crippen LogP contribution in [0.15, 0.2) is 18.2 Å². The number of nitrogens with zero attached hydrogens (tertiary/aromatic N) is 1. The molecule has 1 aromatic carbocycles. The first-order valence-corrected chi connectivity index (χ1v) is 6.69. The number of rotatable bonds is 4. The summed E-state index contributed by atoms with van der Waals surface area (Å²) >= 11 is 0. The van der Waals surface area contributed by atoms with Gasteiger partial charge >= 0.3 is 0 Å². The van der Waals surface area contributed by atoms with Crippen molar-refractivity contribution in [2.45, 2.75) is 13.0 Å². The Morgan fingerprint density at radius 3 is 3.10 bits per heavy atom. The normalized spacial score (nSPS) is 19.8. The second-order valence-electron chi connectivity index (χ2n) is 5.03. The van der Waals surface area contributed by atoms with Crippen molar-refractivity contribution in [1.82, 2.24) is 4.90 Å². The van der Waals surface area contributed by atoms with Crippen LogP contribution in [-0.4, -0.2) is 54.9 Å². The molecule has 0 radical (unpaired) electrons. The molecule has 1 amide bonds. The SMILES string of the molecule is Cc1cc(N)ccc1NC(=O)CN1CCOC(CO)C1. The maximum Gasteiger partial charge on any atom is 0.238 e. The minimum atomic E-state index is -0.199. The molecule has 2 rings (SSSR count). The zero-order valence-corrected chi connectivity index (χ0v) is 11.6. The van der Waals surface area contributed by atoms with E-state index in [9.17, 15) is 4.79 Å². The van der Waals surface area contributed by atoms with Crippen LogP contribution in [0.5, 0.6) is 0 Å². The van der Waals surface area contributed by atoms with Crippen molar-refractivity contribution >= 4 is 17.3 Å². The lowest BCUT2D eigenvalue weighted by atomic mass is 10.2. The van der Waals surface area contributed by atoms with Crippen molar-refractivity contribution in [1.29, 1.82) is 0 Å². The molecule has 0 aliphatic carbocycles. The summed E-state index contributed by atoms with van der Waals surface area (Å²) in [6, 6.07) is 5.39. The number of aliphatic hydroxyl groups is 1. The van der Waals surface area contributed by atoms with Gasteiger partial charge in [0.05, 0.1) is 25.9 Å². The van der Waals surface area contributed by atoms with Gasteiger partial charge in [-0.25, -0.2) is 0 Å². The summed E-state index contributed by atoms with van der Waals surface area (Å²) in [6.07, 6.45) is -0.199. The highest BCUT2D eigenvalue weighted by atomic mass is 16.5. The van der Waals surface area contributed by atoms with Gasteiger partial charge in [-0.1, -0.05) is 0 Å². The number of morpholine rings is 1. The first-order chi connectivity index (χ1) is 9.58. The summed E-state index contributed by atoms with van der Waals surface area (Å²) in [7, 11) is 0. The van der Waals surface area contributed by atoms with Crippen LogP contribution >= 0.6 is 0 Å². The molecule has 0 aromatic heterocycles. The summed E-state index contributed by atoms with van der Waals surface area (Å²) in [5.74, 6) is -0.0727. The number of anilines is 2. The van der Waals surface area contributed by atoms with Crippen LogP contribution in [0.25, 0.3) is 0 Å². The first-order valence-electron chi connectivity index (χ1n) is 6.69. The Balaban J connectivity index is 1.88. The lowest BCUT2D eigenvalue weighted by Gasteiger charge is -2.31. The number of carbonyl (C=O) groups is 1. The summed E-state index contributed by atoms with van der Waals surface area (Å²) < 4.78 is 5.35. The number of aliphatic hydroxyl groups excluding tert-OH is 1. The fourth-order valence-corrected chi connectivity index (χ4v) is 2.25. The highest BCUT2D eigenvalue weighted by Crippen LogP contribution is 2.17. The Morgan fingerprint density at radius 1 is 1.60 bits per heavy atom. The van der Waals surface area contributed by atoms with Crippen molar-refractivity contribution in [3.8, 4) is 0 Å². The lowest BCUT2D eigenvalue weighted by Crippen LogP contribution is -2.46. The monoisotopic (exact) mass is 279 g/mol. The molecule has 0 spiro atoms. The predicted molar refractivity (Wildman–Crippen MR) is 77.5 cm³/mol. The van der Waals surface area contributed by atoms with E-state index >= 15 is 0 Å². The molecule has 1 heterocycles. The minimum Gasteiger partial charge on any atom is -0.399 e. The maximum absolute atomic E-state index is 12.0. The Bertz CT molecular complexity index is 479. The molecule has 1 fully saturated rings. The number of ether oxygens (including phenoxy) is 1. The molecule has 0 bridgehead atoms. The molecule has 6 heteroatoms. The van der Waals surface area contributed by atoms with Crippen molar-refractivity contribution < 1.29 is 14.6 Å². The van der Waals surface area contributed by atoms with E-state index in [1.807, 2.05) is 17.9 Å². The van der Waals surface area contributed by atoms with E-state index < -0.39 is 0 Å². The molecule has 4 N–H and O–H groups in total. The maximum atomic E-state index is 12.0. The third-order valence-electron chi connectivity index (χ3n) is 3.32. The van der Waals surface area contributed by atoms with Crippen LogP contribution in [0, 0.1) is 6.92 Å². The standard InChI is InChI=1S/C14H21N3O3/c1-10-6-11(15)2-3-13(10)16-14(19)8-17-4-5-20-12(7-17)9-18/h2-3,6,12,18H,4-5,7-9,15H2,1H3,(H,16,19). The third-order valence-corrected chi connectivity index (χ3v) is 3.32. The first kappa shape index (κ1) is 14.8. The van der Waals surface area contributed by atoms with Crippen LogP contribution in [-0.2, 0) is 9.53 Å². The molecule has 1 saturated heterocycles. The number of nitrogens with one attached hydrogen (secondary N) is 1. The zero-order chi connectivity index (χ0) is 14.5.